The number of carbonyl (C=O) groups is 2. The van der Waals surface area contributed by atoms with Crippen LogP contribution in [0.4, 0.5) is 10.5 Å². The number of nitrogens with zero attached hydrogens (tertiary/aromatic N) is 2. The lowest BCUT2D eigenvalue weighted by Crippen LogP contribution is -2.37. The van der Waals surface area contributed by atoms with Gasteiger partial charge in [-0.25, -0.2) is 4.79 Å². The highest BCUT2D eigenvalue weighted by molar-refractivity contribution is 6.34. The Labute approximate surface area is 166 Å². The van der Waals surface area contributed by atoms with Crippen LogP contribution in [0.1, 0.15) is 49.4 Å². The Morgan fingerprint density at radius 3 is 2.56 bits per heavy atom. The predicted molar refractivity (Wildman–Crippen MR) is 109 cm³/mol. The fraction of sp³-hybridized carbons (Fsp3) is 0.600. The Hall–Kier alpha value is -1.95. The quantitative estimate of drug-likeness (QED) is 0.717. The molecule has 0 aliphatic carbocycles. The lowest BCUT2D eigenvalue weighted by molar-refractivity contribution is 0.0827. The molecular formula is C20H30ClN3O3. The van der Waals surface area contributed by atoms with Crippen LogP contribution >= 0.6 is 11.6 Å². The monoisotopic (exact) mass is 395 g/mol. The van der Waals surface area contributed by atoms with Gasteiger partial charge in [0.25, 0.3) is 5.91 Å². The number of halogens is 1. The first-order chi connectivity index (χ1) is 12.8. The van der Waals surface area contributed by atoms with Crippen LogP contribution in [0.5, 0.6) is 0 Å². The van der Waals surface area contributed by atoms with Gasteiger partial charge < -0.3 is 20.2 Å². The SMILES string of the molecule is CC(CCCC1CCN(C(=O)O)CC1)Nc1ccc(C(=O)N(C)C)c(Cl)c1. The number of anilines is 1. The molecule has 1 aromatic rings. The molecule has 1 aliphatic heterocycles. The standard InChI is InChI=1S/C20H30ClN3O3/c1-14(5-4-6-15-9-11-24(12-10-15)20(26)27)22-16-7-8-17(18(21)13-16)19(25)23(2)3/h7-8,13-15,22H,4-6,9-12H2,1-3H3,(H,26,27). The molecule has 0 radical (unpaired) electrons. The summed E-state index contributed by atoms with van der Waals surface area (Å²) in [5.41, 5.74) is 1.42. The molecule has 0 saturated carbocycles. The molecule has 7 heteroatoms. The zero-order valence-electron chi connectivity index (χ0n) is 16.4. The van der Waals surface area contributed by atoms with Gasteiger partial charge in [0.2, 0.25) is 0 Å². The highest BCUT2D eigenvalue weighted by Crippen LogP contribution is 2.25. The van der Waals surface area contributed by atoms with Crippen LogP contribution in [-0.2, 0) is 0 Å². The van der Waals surface area contributed by atoms with Gasteiger partial charge in [0.1, 0.15) is 0 Å². The molecular weight excluding hydrogens is 366 g/mol. The summed E-state index contributed by atoms with van der Waals surface area (Å²) in [7, 11) is 3.41. The Balaban J connectivity index is 1.74. The summed E-state index contributed by atoms with van der Waals surface area (Å²) in [6.45, 7) is 3.45. The topological polar surface area (TPSA) is 72.9 Å². The van der Waals surface area contributed by atoms with Crippen LogP contribution in [-0.4, -0.2) is 60.1 Å². The Morgan fingerprint density at radius 1 is 1.33 bits per heavy atom. The van der Waals surface area contributed by atoms with Crippen LogP contribution in [0.2, 0.25) is 5.02 Å². The van der Waals surface area contributed by atoms with Crippen molar-refractivity contribution in [1.82, 2.24) is 9.80 Å². The average Bonchev–Trinajstić information content (AvgIpc) is 2.61. The summed E-state index contributed by atoms with van der Waals surface area (Å²) in [5.74, 6) is 0.520. The van der Waals surface area contributed by atoms with Crippen molar-refractivity contribution >= 4 is 29.3 Å². The van der Waals surface area contributed by atoms with E-state index in [1.54, 1.807) is 26.2 Å². The van der Waals surface area contributed by atoms with Gasteiger partial charge in [-0.3, -0.25) is 4.79 Å². The molecule has 1 fully saturated rings. The smallest absolute Gasteiger partial charge is 0.407 e. The van der Waals surface area contributed by atoms with E-state index in [0.29, 0.717) is 35.6 Å². The van der Waals surface area contributed by atoms with E-state index in [2.05, 4.69) is 12.2 Å². The molecule has 0 bridgehead atoms. The van der Waals surface area contributed by atoms with Gasteiger partial charge in [-0.15, -0.1) is 0 Å². The first-order valence-electron chi connectivity index (χ1n) is 9.53. The highest BCUT2D eigenvalue weighted by atomic mass is 35.5. The van der Waals surface area contributed by atoms with E-state index in [9.17, 15) is 9.59 Å². The van der Waals surface area contributed by atoms with Crippen LogP contribution in [0.25, 0.3) is 0 Å². The number of hydrogen-bond donors (Lipinski definition) is 2. The number of piperidine rings is 1. The number of benzene rings is 1. The number of likely N-dealkylation sites (tertiary alicyclic amines) is 1. The van der Waals surface area contributed by atoms with Crippen molar-refractivity contribution < 1.29 is 14.7 Å². The first kappa shape index (κ1) is 21.4. The number of hydrogen-bond acceptors (Lipinski definition) is 3. The normalized spacial score (nSPS) is 16.1. The summed E-state index contributed by atoms with van der Waals surface area (Å²) in [4.78, 5) is 26.0. The molecule has 27 heavy (non-hydrogen) atoms. The number of nitrogens with one attached hydrogen (secondary N) is 1. The van der Waals surface area contributed by atoms with E-state index >= 15 is 0 Å². The summed E-state index contributed by atoms with van der Waals surface area (Å²) in [5, 5.41) is 12.9. The molecule has 2 rings (SSSR count). The van der Waals surface area contributed by atoms with Crippen LogP contribution in [0.15, 0.2) is 18.2 Å². The van der Waals surface area contributed by atoms with Crippen molar-refractivity contribution in [2.45, 2.75) is 45.1 Å². The third-order valence-corrected chi connectivity index (χ3v) is 5.47. The molecule has 1 heterocycles. The summed E-state index contributed by atoms with van der Waals surface area (Å²) in [6, 6.07) is 5.75. The molecule has 150 valence electrons. The van der Waals surface area contributed by atoms with Gasteiger partial charge >= 0.3 is 6.09 Å². The van der Waals surface area contributed by atoms with Gasteiger partial charge in [-0.05, 0) is 50.3 Å². The van der Waals surface area contributed by atoms with E-state index in [1.165, 1.54) is 9.80 Å². The van der Waals surface area contributed by atoms with E-state index in [0.717, 1.165) is 37.8 Å². The Bertz CT molecular complexity index is 658. The van der Waals surface area contributed by atoms with Crippen molar-refractivity contribution in [3.63, 3.8) is 0 Å². The first-order valence-corrected chi connectivity index (χ1v) is 9.91. The van der Waals surface area contributed by atoms with Gasteiger partial charge in [0.05, 0.1) is 10.6 Å². The summed E-state index contributed by atoms with van der Waals surface area (Å²) >= 11 is 6.26. The zero-order chi connectivity index (χ0) is 20.0. The second-order valence-corrected chi connectivity index (χ2v) is 7.99. The summed E-state index contributed by atoms with van der Waals surface area (Å²) < 4.78 is 0. The lowest BCUT2D eigenvalue weighted by atomic mass is 9.91. The minimum absolute atomic E-state index is 0.103. The second-order valence-electron chi connectivity index (χ2n) is 7.58. The molecule has 2 amide bonds. The van der Waals surface area contributed by atoms with Gasteiger partial charge in [-0.2, -0.15) is 0 Å². The van der Waals surface area contributed by atoms with Crippen molar-refractivity contribution in [3.8, 4) is 0 Å². The van der Waals surface area contributed by atoms with E-state index in [1.807, 2.05) is 6.07 Å². The lowest BCUT2D eigenvalue weighted by Gasteiger charge is -2.30. The van der Waals surface area contributed by atoms with E-state index < -0.39 is 6.09 Å². The molecule has 1 unspecified atom stereocenters. The van der Waals surface area contributed by atoms with Gasteiger partial charge in [0.15, 0.2) is 0 Å². The third-order valence-electron chi connectivity index (χ3n) is 5.15. The highest BCUT2D eigenvalue weighted by Gasteiger charge is 2.22. The average molecular weight is 396 g/mol. The molecule has 2 N–H and O–H groups in total. The Morgan fingerprint density at radius 2 is 2.00 bits per heavy atom. The van der Waals surface area contributed by atoms with Crippen molar-refractivity contribution in [1.29, 1.82) is 0 Å². The molecule has 1 aromatic carbocycles. The maximum atomic E-state index is 12.0. The van der Waals surface area contributed by atoms with Crippen molar-refractivity contribution in [3.05, 3.63) is 28.8 Å². The van der Waals surface area contributed by atoms with E-state index in [4.69, 9.17) is 16.7 Å². The maximum Gasteiger partial charge on any atom is 0.407 e. The van der Waals surface area contributed by atoms with Gasteiger partial charge in [0, 0.05) is 38.9 Å². The summed E-state index contributed by atoms with van der Waals surface area (Å²) in [6.07, 6.45) is 4.40. The number of rotatable bonds is 7. The number of amides is 2. The van der Waals surface area contributed by atoms with Crippen LogP contribution < -0.4 is 5.32 Å². The van der Waals surface area contributed by atoms with E-state index in [-0.39, 0.29) is 5.91 Å². The van der Waals surface area contributed by atoms with Crippen LogP contribution in [0.3, 0.4) is 0 Å². The van der Waals surface area contributed by atoms with Crippen molar-refractivity contribution in [2.75, 3.05) is 32.5 Å². The predicted octanol–water partition coefficient (Wildman–Crippen LogP) is 4.40. The molecule has 6 nitrogen and oxygen atoms in total. The second kappa shape index (κ2) is 9.83. The maximum absolute atomic E-state index is 12.0. The molecule has 0 spiro atoms. The Kier molecular flexibility index (Phi) is 7.78. The molecule has 1 atom stereocenters. The number of carbonyl (C=O) groups excluding carboxylic acids is 1. The number of carboxylic acid groups (broad SMARTS) is 1. The van der Waals surface area contributed by atoms with Gasteiger partial charge in [-0.1, -0.05) is 24.4 Å². The molecule has 1 aliphatic rings. The minimum atomic E-state index is -0.803. The minimum Gasteiger partial charge on any atom is -0.465 e. The molecule has 0 aromatic heterocycles. The third kappa shape index (κ3) is 6.31. The fourth-order valence-electron chi connectivity index (χ4n) is 3.50. The molecule has 1 saturated heterocycles. The van der Waals surface area contributed by atoms with Crippen LogP contribution in [0, 0.1) is 5.92 Å². The zero-order valence-corrected chi connectivity index (χ0v) is 17.1. The fourth-order valence-corrected chi connectivity index (χ4v) is 3.76. The van der Waals surface area contributed by atoms with Crippen molar-refractivity contribution in [2.24, 2.45) is 5.92 Å². The largest absolute Gasteiger partial charge is 0.465 e.